The molecule has 3 aliphatic heterocycles. The zero-order valence-corrected chi connectivity index (χ0v) is 14.4. The molecule has 2 fully saturated rings. The van der Waals surface area contributed by atoms with Gasteiger partial charge in [-0.3, -0.25) is 10.1 Å². The molecule has 1 aromatic rings. The monoisotopic (exact) mass is 370 g/mol. The van der Waals surface area contributed by atoms with E-state index in [2.05, 4.69) is 0 Å². The molecule has 0 aliphatic carbocycles. The Morgan fingerprint density at radius 1 is 1.25 bits per heavy atom. The second-order valence-electron chi connectivity index (χ2n) is 6.80. The summed E-state index contributed by atoms with van der Waals surface area (Å²) < 4.78 is 33.1. The lowest BCUT2D eigenvalue weighted by Gasteiger charge is -2.28. The predicted octanol–water partition coefficient (Wildman–Crippen LogP) is 2.06. The molecule has 2 bridgehead atoms. The van der Waals surface area contributed by atoms with Crippen LogP contribution in [0.1, 0.15) is 13.3 Å². The molecule has 1 spiro atoms. The van der Waals surface area contributed by atoms with Crippen molar-refractivity contribution < 1.29 is 18.1 Å². The second-order valence-corrected chi connectivity index (χ2v) is 9.47. The summed E-state index contributed by atoms with van der Waals surface area (Å²) in [6, 6.07) is 4.86. The Balaban J connectivity index is 1.66. The largest absolute Gasteiger partial charge is 0.357 e. The highest BCUT2D eigenvalue weighted by atomic mass is 35.5. The molecule has 2 saturated heterocycles. The van der Waals surface area contributed by atoms with Gasteiger partial charge in [0.05, 0.1) is 20.3 Å². The van der Waals surface area contributed by atoms with Gasteiger partial charge in [0.25, 0.3) is 5.69 Å². The fourth-order valence-electron chi connectivity index (χ4n) is 3.91. The summed E-state index contributed by atoms with van der Waals surface area (Å²) in [6.07, 6.45) is 4.36. The van der Waals surface area contributed by atoms with Crippen molar-refractivity contribution in [2.45, 2.75) is 34.3 Å². The number of fused-ring (bicyclic) bond motifs is 1. The first-order valence-corrected chi connectivity index (χ1v) is 9.25. The van der Waals surface area contributed by atoms with E-state index in [1.807, 2.05) is 19.1 Å². The number of rotatable bonds is 3. The smallest absolute Gasteiger partial charge is 0.269 e. The molecular formula is C15H15ClN2O5S. The van der Waals surface area contributed by atoms with Crippen molar-refractivity contribution in [3.63, 3.8) is 0 Å². The first-order valence-electron chi connectivity index (χ1n) is 7.43. The Kier molecular flexibility index (Phi) is 3.05. The van der Waals surface area contributed by atoms with Gasteiger partial charge in [-0.1, -0.05) is 12.2 Å². The molecule has 0 amide bonds. The van der Waals surface area contributed by atoms with Crippen molar-refractivity contribution in [2.24, 2.45) is 0 Å². The molecule has 0 N–H and O–H groups in total. The number of nitro groups is 1. The number of alkyl halides is 1. The van der Waals surface area contributed by atoms with E-state index in [1.165, 1.54) is 28.6 Å². The summed E-state index contributed by atoms with van der Waals surface area (Å²) in [4.78, 5) is 9.37. The van der Waals surface area contributed by atoms with Crippen LogP contribution in [-0.2, 0) is 14.8 Å². The summed E-state index contributed by atoms with van der Waals surface area (Å²) in [5.74, 6) is 0. The van der Waals surface area contributed by atoms with E-state index >= 15 is 0 Å². The maximum Gasteiger partial charge on any atom is 0.269 e. The van der Waals surface area contributed by atoms with Gasteiger partial charge in [0.1, 0.15) is 5.60 Å². The van der Waals surface area contributed by atoms with Crippen LogP contribution in [0, 0.1) is 10.1 Å². The second kappa shape index (κ2) is 4.57. The molecule has 3 heterocycles. The van der Waals surface area contributed by atoms with Gasteiger partial charge >= 0.3 is 0 Å². The lowest BCUT2D eigenvalue weighted by molar-refractivity contribution is -0.384. The number of hydrogen-bond donors (Lipinski definition) is 0. The van der Waals surface area contributed by atoms with Gasteiger partial charge in [0, 0.05) is 31.6 Å². The molecule has 9 heteroatoms. The van der Waals surface area contributed by atoms with E-state index in [-0.39, 0.29) is 23.7 Å². The average molecular weight is 371 g/mol. The van der Waals surface area contributed by atoms with Crippen LogP contribution in [0.25, 0.3) is 0 Å². The molecule has 1 aromatic carbocycles. The summed E-state index contributed by atoms with van der Waals surface area (Å²) >= 11 is 6.73. The van der Waals surface area contributed by atoms with E-state index < -0.39 is 31.0 Å². The number of sulfonamides is 1. The van der Waals surface area contributed by atoms with Crippen molar-refractivity contribution >= 4 is 27.3 Å². The van der Waals surface area contributed by atoms with E-state index in [9.17, 15) is 18.5 Å². The summed E-state index contributed by atoms with van der Waals surface area (Å²) in [6.45, 7) is 2.23. The van der Waals surface area contributed by atoms with E-state index in [4.69, 9.17) is 16.3 Å². The molecule has 7 nitrogen and oxygen atoms in total. The number of halogens is 1. The lowest BCUT2D eigenvalue weighted by atomic mass is 9.81. The van der Waals surface area contributed by atoms with Gasteiger partial charge < -0.3 is 4.74 Å². The molecule has 0 radical (unpaired) electrons. The lowest BCUT2D eigenvalue weighted by Crippen LogP contribution is -2.43. The number of nitrogens with zero attached hydrogens (tertiary/aromatic N) is 2. The van der Waals surface area contributed by atoms with Crippen molar-refractivity contribution in [3.05, 3.63) is 46.5 Å². The van der Waals surface area contributed by atoms with Crippen molar-refractivity contribution in [2.75, 3.05) is 13.1 Å². The maximum absolute atomic E-state index is 12.9. The van der Waals surface area contributed by atoms with Gasteiger partial charge in [0.15, 0.2) is 0 Å². The zero-order chi connectivity index (χ0) is 17.4. The van der Waals surface area contributed by atoms with Crippen LogP contribution < -0.4 is 0 Å². The van der Waals surface area contributed by atoms with Crippen LogP contribution in [0.4, 0.5) is 5.69 Å². The Morgan fingerprint density at radius 2 is 1.92 bits per heavy atom. The molecule has 24 heavy (non-hydrogen) atoms. The SMILES string of the molecule is C[C@]12C=C[C@@]3(CN(S(=O)(=O)c4ccc([N+](=O)[O-])cc4)C[C@@]3(Cl)C1)O2. The third-order valence-corrected chi connectivity index (χ3v) is 7.41. The molecule has 3 atom stereocenters. The summed E-state index contributed by atoms with van der Waals surface area (Å²) in [5.41, 5.74) is -1.40. The van der Waals surface area contributed by atoms with Crippen LogP contribution in [-0.4, -0.2) is 46.8 Å². The average Bonchev–Trinajstić information content (AvgIpc) is 3.05. The third kappa shape index (κ3) is 2.00. The zero-order valence-electron chi connectivity index (χ0n) is 12.8. The summed E-state index contributed by atoms with van der Waals surface area (Å²) in [7, 11) is -3.80. The van der Waals surface area contributed by atoms with Crippen molar-refractivity contribution in [1.82, 2.24) is 4.31 Å². The number of nitro benzene ring substituents is 1. The van der Waals surface area contributed by atoms with Gasteiger partial charge in [-0.2, -0.15) is 4.31 Å². The minimum atomic E-state index is -3.80. The molecule has 0 unspecified atom stereocenters. The molecule has 0 aromatic heterocycles. The van der Waals surface area contributed by atoms with Crippen LogP contribution in [0.5, 0.6) is 0 Å². The first kappa shape index (κ1) is 16.0. The fraction of sp³-hybridized carbons (Fsp3) is 0.467. The number of benzene rings is 1. The topological polar surface area (TPSA) is 89.8 Å². The molecule has 4 rings (SSSR count). The highest BCUT2D eigenvalue weighted by molar-refractivity contribution is 7.89. The summed E-state index contributed by atoms with van der Waals surface area (Å²) in [5, 5.41) is 10.7. The third-order valence-electron chi connectivity index (χ3n) is 5.03. The number of hydrogen-bond acceptors (Lipinski definition) is 5. The molecule has 128 valence electrons. The van der Waals surface area contributed by atoms with Crippen molar-refractivity contribution in [3.8, 4) is 0 Å². The fourth-order valence-corrected chi connectivity index (χ4v) is 6.08. The number of ether oxygens (including phenoxy) is 1. The molecular weight excluding hydrogens is 356 g/mol. The van der Waals surface area contributed by atoms with Crippen LogP contribution in [0.15, 0.2) is 41.3 Å². The highest BCUT2D eigenvalue weighted by Crippen LogP contribution is 2.59. The number of non-ortho nitro benzene ring substituents is 1. The van der Waals surface area contributed by atoms with E-state index in [0.29, 0.717) is 6.42 Å². The minimum Gasteiger partial charge on any atom is -0.357 e. The van der Waals surface area contributed by atoms with E-state index in [1.54, 1.807) is 0 Å². The minimum absolute atomic E-state index is 0.00878. The normalized spacial score (nSPS) is 37.8. The van der Waals surface area contributed by atoms with Gasteiger partial charge in [0.2, 0.25) is 10.0 Å². The van der Waals surface area contributed by atoms with Crippen molar-refractivity contribution in [1.29, 1.82) is 0 Å². The highest BCUT2D eigenvalue weighted by Gasteiger charge is 2.69. The van der Waals surface area contributed by atoms with Gasteiger partial charge in [-0.15, -0.1) is 11.6 Å². The molecule has 0 saturated carbocycles. The van der Waals surface area contributed by atoms with Crippen LogP contribution in [0.2, 0.25) is 0 Å². The standard InChI is InChI=1S/C15H15ClN2O5S/c1-13-6-7-15(23-13)10-17(9-14(15,16)8-13)24(21,22)12-4-2-11(3-5-12)18(19)20/h2-7H,8-10H2,1H3/t13-,14-,15-/m0/s1. The predicted molar refractivity (Wildman–Crippen MR) is 86.4 cm³/mol. The van der Waals surface area contributed by atoms with E-state index in [0.717, 1.165) is 0 Å². The Morgan fingerprint density at radius 3 is 2.46 bits per heavy atom. The Hall–Kier alpha value is -1.48. The van der Waals surface area contributed by atoms with Crippen LogP contribution >= 0.6 is 11.6 Å². The quantitative estimate of drug-likeness (QED) is 0.351. The Bertz CT molecular complexity index is 870. The Labute approximate surface area is 144 Å². The molecule has 3 aliphatic rings. The van der Waals surface area contributed by atoms with Gasteiger partial charge in [-0.25, -0.2) is 8.42 Å². The first-order chi connectivity index (χ1) is 11.1. The maximum atomic E-state index is 12.9. The van der Waals surface area contributed by atoms with Gasteiger partial charge in [-0.05, 0) is 19.1 Å². The van der Waals surface area contributed by atoms with Crippen LogP contribution in [0.3, 0.4) is 0 Å².